The highest BCUT2D eigenvalue weighted by Crippen LogP contribution is 2.38. The smallest absolute Gasteiger partial charge is 0.337 e. The number of aromatic carboxylic acids is 1. The molecule has 0 spiro atoms. The molecular formula is C25H26N4O3S. The van der Waals surface area contributed by atoms with E-state index in [1.54, 1.807) is 31.3 Å². The number of likely N-dealkylation sites (tertiary alicyclic amines) is 1. The van der Waals surface area contributed by atoms with Crippen molar-refractivity contribution < 1.29 is 14.7 Å². The topological polar surface area (TPSA) is 98.3 Å². The lowest BCUT2D eigenvalue weighted by Gasteiger charge is -2.27. The van der Waals surface area contributed by atoms with Crippen molar-refractivity contribution in [2.45, 2.75) is 32.6 Å². The van der Waals surface area contributed by atoms with Crippen LogP contribution in [0.3, 0.4) is 0 Å². The van der Waals surface area contributed by atoms with Crippen LogP contribution in [0.25, 0.3) is 22.9 Å². The molecule has 0 unspecified atom stereocenters. The number of rotatable bonds is 4. The first-order valence-corrected chi connectivity index (χ1v) is 11.9. The maximum atomic E-state index is 12.7. The Morgan fingerprint density at radius 2 is 2.03 bits per heavy atom. The number of hydrogen-bond donors (Lipinski definition) is 3. The Morgan fingerprint density at radius 1 is 1.27 bits per heavy atom. The predicted octanol–water partition coefficient (Wildman–Crippen LogP) is 4.76. The lowest BCUT2D eigenvalue weighted by Crippen LogP contribution is -2.29. The molecule has 0 radical (unpaired) electrons. The highest BCUT2D eigenvalue weighted by Gasteiger charge is 2.27. The summed E-state index contributed by atoms with van der Waals surface area (Å²) in [5, 5.41) is 15.7. The second kappa shape index (κ2) is 8.28. The van der Waals surface area contributed by atoms with Crippen LogP contribution in [0, 0.1) is 13.8 Å². The van der Waals surface area contributed by atoms with Crippen molar-refractivity contribution in [3.63, 3.8) is 0 Å². The molecule has 1 amide bonds. The van der Waals surface area contributed by atoms with E-state index in [1.807, 2.05) is 18.2 Å². The highest BCUT2D eigenvalue weighted by atomic mass is 32.1. The van der Waals surface area contributed by atoms with Crippen LogP contribution in [0.5, 0.6) is 0 Å². The van der Waals surface area contributed by atoms with E-state index >= 15 is 0 Å². The van der Waals surface area contributed by atoms with Gasteiger partial charge in [0.2, 0.25) is 0 Å². The van der Waals surface area contributed by atoms with Crippen LogP contribution in [-0.2, 0) is 4.79 Å². The zero-order chi connectivity index (χ0) is 23.3. The molecule has 170 valence electrons. The van der Waals surface area contributed by atoms with E-state index in [2.05, 4.69) is 27.6 Å². The van der Waals surface area contributed by atoms with Crippen molar-refractivity contribution in [3.05, 3.63) is 56.7 Å². The number of hydrogen-bond acceptors (Lipinski definition) is 5. The van der Waals surface area contributed by atoms with E-state index in [-0.39, 0.29) is 11.5 Å². The summed E-state index contributed by atoms with van der Waals surface area (Å²) in [6.45, 7) is 5.68. The molecule has 33 heavy (non-hydrogen) atoms. The Bertz CT molecular complexity index is 1290. The Labute approximate surface area is 196 Å². The van der Waals surface area contributed by atoms with Crippen molar-refractivity contribution in [1.29, 1.82) is 0 Å². The molecule has 1 aromatic carbocycles. The molecule has 7 nitrogen and oxygen atoms in total. The summed E-state index contributed by atoms with van der Waals surface area (Å²) in [4.78, 5) is 34.7. The molecule has 0 aliphatic carbocycles. The van der Waals surface area contributed by atoms with Gasteiger partial charge in [-0.3, -0.25) is 4.79 Å². The molecule has 1 fully saturated rings. The van der Waals surface area contributed by atoms with Gasteiger partial charge in [-0.05, 0) is 70.6 Å². The summed E-state index contributed by atoms with van der Waals surface area (Å²) >= 11 is 1.71. The number of thiazole rings is 1. The van der Waals surface area contributed by atoms with E-state index in [0.717, 1.165) is 48.4 Å². The van der Waals surface area contributed by atoms with Gasteiger partial charge in [-0.15, -0.1) is 11.3 Å². The fraction of sp³-hybridized carbons (Fsp3) is 0.320. The molecular weight excluding hydrogens is 436 g/mol. The molecule has 2 aliphatic heterocycles. The Morgan fingerprint density at radius 3 is 2.73 bits per heavy atom. The molecule has 3 aromatic rings. The van der Waals surface area contributed by atoms with Gasteiger partial charge in [0.25, 0.3) is 5.91 Å². The van der Waals surface area contributed by atoms with Crippen LogP contribution < -0.4 is 5.32 Å². The maximum absolute atomic E-state index is 12.7. The van der Waals surface area contributed by atoms with Crippen LogP contribution in [-0.4, -0.2) is 52.0 Å². The Kier molecular flexibility index (Phi) is 5.42. The molecule has 3 N–H and O–H groups in total. The van der Waals surface area contributed by atoms with Crippen molar-refractivity contribution in [2.75, 3.05) is 25.5 Å². The number of H-pyrrole nitrogens is 1. The zero-order valence-electron chi connectivity index (χ0n) is 18.9. The number of aromatic amines is 1. The Balaban J connectivity index is 1.48. The first-order chi connectivity index (χ1) is 15.8. The van der Waals surface area contributed by atoms with Gasteiger partial charge in [0, 0.05) is 39.5 Å². The largest absolute Gasteiger partial charge is 0.478 e. The predicted molar refractivity (Wildman–Crippen MR) is 131 cm³/mol. The number of carbonyl (C=O) groups excluding carboxylic acids is 1. The monoisotopic (exact) mass is 462 g/mol. The summed E-state index contributed by atoms with van der Waals surface area (Å²) in [5.74, 6) is -0.667. The fourth-order valence-electron chi connectivity index (χ4n) is 4.74. The van der Waals surface area contributed by atoms with Gasteiger partial charge < -0.3 is 20.3 Å². The number of carboxylic acids is 1. The van der Waals surface area contributed by atoms with Crippen LogP contribution in [0.4, 0.5) is 5.69 Å². The number of nitrogens with one attached hydrogen (secondary N) is 2. The molecule has 5 rings (SSSR count). The molecule has 1 saturated heterocycles. The van der Waals surface area contributed by atoms with Crippen LogP contribution in [0.15, 0.2) is 23.6 Å². The van der Waals surface area contributed by atoms with Crippen molar-refractivity contribution in [1.82, 2.24) is 14.9 Å². The molecule has 0 bridgehead atoms. The van der Waals surface area contributed by atoms with Crippen LogP contribution in [0.2, 0.25) is 0 Å². The van der Waals surface area contributed by atoms with Gasteiger partial charge in [0.15, 0.2) is 0 Å². The minimum Gasteiger partial charge on any atom is -0.478 e. The highest BCUT2D eigenvalue weighted by molar-refractivity contribution is 7.10. The number of amides is 1. The molecule has 4 heterocycles. The number of carboxylic acid groups (broad SMARTS) is 1. The van der Waals surface area contributed by atoms with Gasteiger partial charge in [-0.2, -0.15) is 0 Å². The quantitative estimate of drug-likeness (QED) is 0.486. The number of carbonyl (C=O) groups is 2. The normalized spacial score (nSPS) is 18.0. The summed E-state index contributed by atoms with van der Waals surface area (Å²) in [6.07, 6.45) is 4.00. The number of aryl methyl sites for hydroxylation is 1. The summed E-state index contributed by atoms with van der Waals surface area (Å²) < 4.78 is 0. The number of aromatic nitrogens is 2. The third-order valence-corrected chi connectivity index (χ3v) is 7.67. The number of piperidine rings is 1. The number of fused-ring (bicyclic) bond motifs is 1. The summed E-state index contributed by atoms with van der Waals surface area (Å²) in [5.41, 5.74) is 6.03. The SMILES string of the molecule is Cc1[nH]c(C=C2C(=O)Nc3ccc(-c4csc(C5CCN(C)CC5)n4)cc32)c(C)c1C(=O)O. The maximum Gasteiger partial charge on any atom is 0.337 e. The van der Waals surface area contributed by atoms with E-state index in [9.17, 15) is 14.7 Å². The lowest BCUT2D eigenvalue weighted by atomic mass is 9.98. The Hall–Kier alpha value is -3.23. The van der Waals surface area contributed by atoms with Gasteiger partial charge in [-0.25, -0.2) is 9.78 Å². The van der Waals surface area contributed by atoms with E-state index in [1.165, 1.54) is 5.01 Å². The van der Waals surface area contributed by atoms with Gasteiger partial charge in [0.1, 0.15) is 0 Å². The van der Waals surface area contributed by atoms with Gasteiger partial charge in [-0.1, -0.05) is 6.07 Å². The minimum atomic E-state index is -0.978. The minimum absolute atomic E-state index is 0.198. The van der Waals surface area contributed by atoms with Crippen molar-refractivity contribution in [3.8, 4) is 11.3 Å². The summed E-state index contributed by atoms with van der Waals surface area (Å²) in [7, 11) is 2.16. The molecule has 0 atom stereocenters. The molecule has 8 heteroatoms. The van der Waals surface area contributed by atoms with Crippen molar-refractivity contribution >= 4 is 40.5 Å². The third kappa shape index (κ3) is 3.89. The van der Waals surface area contributed by atoms with Crippen LogP contribution >= 0.6 is 11.3 Å². The molecule has 0 saturated carbocycles. The summed E-state index contributed by atoms with van der Waals surface area (Å²) in [6, 6.07) is 5.89. The van der Waals surface area contributed by atoms with Gasteiger partial charge in [0.05, 0.1) is 21.8 Å². The first-order valence-electron chi connectivity index (χ1n) is 11.1. The number of benzene rings is 1. The molecule has 2 aliphatic rings. The second-order valence-corrected chi connectivity index (χ2v) is 9.78. The van der Waals surface area contributed by atoms with E-state index in [0.29, 0.717) is 28.4 Å². The lowest BCUT2D eigenvalue weighted by molar-refractivity contribution is -0.110. The fourth-order valence-corrected chi connectivity index (χ4v) is 5.74. The van der Waals surface area contributed by atoms with E-state index in [4.69, 9.17) is 4.98 Å². The third-order valence-electron chi connectivity index (χ3n) is 6.67. The van der Waals surface area contributed by atoms with Crippen LogP contribution in [0.1, 0.15) is 56.6 Å². The second-order valence-electron chi connectivity index (χ2n) is 8.89. The zero-order valence-corrected chi connectivity index (χ0v) is 19.7. The molecule has 2 aromatic heterocycles. The van der Waals surface area contributed by atoms with Crippen molar-refractivity contribution in [2.24, 2.45) is 0 Å². The first kappa shape index (κ1) is 21.6. The standard InChI is InChI=1S/C25H26N4O3S/c1-13-20(26-14(2)22(13)25(31)32)11-18-17-10-16(4-5-19(17)27-23(18)30)21-12-33-24(28-21)15-6-8-29(3)9-7-15/h4-5,10-12,15,26H,6-9H2,1-3H3,(H,27,30)(H,31,32). The number of nitrogens with zero attached hydrogens (tertiary/aromatic N) is 2. The average molecular weight is 463 g/mol. The average Bonchev–Trinajstić information content (AvgIpc) is 3.45. The van der Waals surface area contributed by atoms with Gasteiger partial charge >= 0.3 is 5.97 Å². The van der Waals surface area contributed by atoms with E-state index < -0.39 is 5.97 Å². The number of anilines is 1.